The van der Waals surface area contributed by atoms with Crippen LogP contribution in [0.25, 0.3) is 0 Å². The maximum atomic E-state index is 5.58. The van der Waals surface area contributed by atoms with Gasteiger partial charge in [-0.1, -0.05) is 24.1 Å². The van der Waals surface area contributed by atoms with Crippen LogP contribution in [0.4, 0.5) is 0 Å². The Labute approximate surface area is 143 Å². The normalized spacial score (nSPS) is 19.0. The Kier molecular flexibility index (Phi) is 5.41. The average Bonchev–Trinajstić information content (AvgIpc) is 2.90. The Morgan fingerprint density at radius 1 is 1.17 bits per heavy atom. The molecular formula is C19H26N2O3. The van der Waals surface area contributed by atoms with E-state index in [1.807, 2.05) is 19.1 Å². The van der Waals surface area contributed by atoms with Crippen molar-refractivity contribution < 1.29 is 14.0 Å². The molecule has 0 saturated carbocycles. The molecule has 0 bridgehead atoms. The highest BCUT2D eigenvalue weighted by Crippen LogP contribution is 2.34. The van der Waals surface area contributed by atoms with Crippen LogP contribution in [0.2, 0.25) is 0 Å². The Balaban J connectivity index is 1.85. The Morgan fingerprint density at radius 2 is 2.04 bits per heavy atom. The largest absolute Gasteiger partial charge is 0.497 e. The number of hydrogen-bond donors (Lipinski definition) is 0. The summed E-state index contributed by atoms with van der Waals surface area (Å²) in [4.78, 5) is 2.48. The molecule has 1 saturated heterocycles. The van der Waals surface area contributed by atoms with Gasteiger partial charge < -0.3 is 14.0 Å². The molecule has 1 aliphatic heterocycles. The quantitative estimate of drug-likeness (QED) is 0.825. The fraction of sp³-hybridized carbons (Fsp3) is 0.526. The first kappa shape index (κ1) is 16.8. The first-order chi connectivity index (χ1) is 11.7. The zero-order chi connectivity index (χ0) is 16.9. The maximum absolute atomic E-state index is 5.58. The highest BCUT2D eigenvalue weighted by atomic mass is 16.5. The topological polar surface area (TPSA) is 47.7 Å². The summed E-state index contributed by atoms with van der Waals surface area (Å²) < 4.78 is 16.4. The second-order valence-electron chi connectivity index (χ2n) is 6.38. The molecule has 130 valence electrons. The molecule has 5 heteroatoms. The van der Waals surface area contributed by atoms with Gasteiger partial charge in [0.15, 0.2) is 5.76 Å². The molecule has 3 rings (SSSR count). The van der Waals surface area contributed by atoms with Crippen LogP contribution in [0.5, 0.6) is 11.5 Å². The van der Waals surface area contributed by atoms with E-state index in [1.165, 1.54) is 24.8 Å². The van der Waals surface area contributed by atoms with Crippen LogP contribution in [0.1, 0.15) is 48.7 Å². The maximum Gasteiger partial charge on any atom is 0.154 e. The molecule has 0 aliphatic carbocycles. The highest BCUT2D eigenvalue weighted by Gasteiger charge is 2.26. The van der Waals surface area contributed by atoms with E-state index in [2.05, 4.69) is 22.2 Å². The van der Waals surface area contributed by atoms with Crippen LogP contribution >= 0.6 is 0 Å². The smallest absolute Gasteiger partial charge is 0.154 e. The van der Waals surface area contributed by atoms with E-state index >= 15 is 0 Å². The van der Waals surface area contributed by atoms with Crippen molar-refractivity contribution in [2.24, 2.45) is 0 Å². The molecule has 0 amide bonds. The highest BCUT2D eigenvalue weighted by molar-refractivity contribution is 5.40. The number of ether oxygens (including phenoxy) is 2. The monoisotopic (exact) mass is 330 g/mol. The van der Waals surface area contributed by atoms with Crippen LogP contribution in [-0.2, 0) is 6.54 Å². The molecule has 2 aromatic rings. The van der Waals surface area contributed by atoms with Crippen molar-refractivity contribution >= 4 is 0 Å². The molecule has 0 spiro atoms. The lowest BCUT2D eigenvalue weighted by molar-refractivity contribution is 0.158. The third kappa shape index (κ3) is 3.73. The molecule has 5 nitrogen and oxygen atoms in total. The summed E-state index contributed by atoms with van der Waals surface area (Å²) in [5, 5.41) is 4.08. The summed E-state index contributed by atoms with van der Waals surface area (Å²) >= 11 is 0. The number of rotatable bonds is 5. The number of nitrogens with zero attached hydrogens (tertiary/aromatic N) is 2. The van der Waals surface area contributed by atoms with Crippen LogP contribution in [-0.4, -0.2) is 30.8 Å². The van der Waals surface area contributed by atoms with Crippen LogP contribution in [0.3, 0.4) is 0 Å². The van der Waals surface area contributed by atoms with E-state index in [-0.39, 0.29) is 6.04 Å². The van der Waals surface area contributed by atoms with E-state index in [9.17, 15) is 0 Å². The summed E-state index contributed by atoms with van der Waals surface area (Å²) in [5.41, 5.74) is 2.11. The van der Waals surface area contributed by atoms with Gasteiger partial charge in [-0.15, -0.1) is 0 Å². The van der Waals surface area contributed by atoms with Gasteiger partial charge in [-0.3, -0.25) is 4.90 Å². The van der Waals surface area contributed by atoms with Gasteiger partial charge in [0, 0.05) is 24.2 Å². The van der Waals surface area contributed by atoms with E-state index < -0.39 is 0 Å². The Morgan fingerprint density at radius 3 is 2.75 bits per heavy atom. The Hall–Kier alpha value is -2.01. The molecular weight excluding hydrogens is 304 g/mol. The summed E-state index contributed by atoms with van der Waals surface area (Å²) in [6.07, 6.45) is 4.80. The predicted molar refractivity (Wildman–Crippen MR) is 92.4 cm³/mol. The number of benzene rings is 1. The van der Waals surface area contributed by atoms with Gasteiger partial charge in [-0.25, -0.2) is 0 Å². The lowest BCUT2D eigenvalue weighted by Crippen LogP contribution is -2.28. The molecule has 0 unspecified atom stereocenters. The lowest BCUT2D eigenvalue weighted by atomic mass is 10.1. The molecule has 0 radical (unpaired) electrons. The van der Waals surface area contributed by atoms with Crippen molar-refractivity contribution in [3.05, 3.63) is 41.3 Å². The average molecular weight is 330 g/mol. The lowest BCUT2D eigenvalue weighted by Gasteiger charge is -2.28. The van der Waals surface area contributed by atoms with Gasteiger partial charge in [-0.2, -0.15) is 0 Å². The molecule has 2 heterocycles. The molecule has 1 aliphatic rings. The first-order valence-electron chi connectivity index (χ1n) is 8.59. The van der Waals surface area contributed by atoms with E-state index in [0.29, 0.717) is 0 Å². The number of likely N-dealkylation sites (tertiary alicyclic amines) is 1. The van der Waals surface area contributed by atoms with E-state index in [0.717, 1.165) is 42.5 Å². The Bertz CT molecular complexity index is 668. The second kappa shape index (κ2) is 7.71. The second-order valence-corrected chi connectivity index (χ2v) is 6.38. The van der Waals surface area contributed by atoms with Crippen LogP contribution < -0.4 is 9.47 Å². The number of aromatic nitrogens is 1. The van der Waals surface area contributed by atoms with E-state index in [4.69, 9.17) is 14.0 Å². The zero-order valence-electron chi connectivity index (χ0n) is 14.7. The molecule has 1 aromatic carbocycles. The number of hydrogen-bond acceptors (Lipinski definition) is 5. The van der Waals surface area contributed by atoms with Crippen molar-refractivity contribution in [2.45, 2.75) is 45.2 Å². The van der Waals surface area contributed by atoms with Crippen LogP contribution in [0.15, 0.2) is 28.8 Å². The summed E-state index contributed by atoms with van der Waals surface area (Å²) in [6.45, 7) is 3.86. The van der Waals surface area contributed by atoms with Gasteiger partial charge in [0.1, 0.15) is 11.5 Å². The SMILES string of the molecule is COc1ccc(CN2CCCCC[C@H]2c2cc(C)no2)c(OC)c1. The molecule has 24 heavy (non-hydrogen) atoms. The van der Waals surface area contributed by atoms with Crippen molar-refractivity contribution in [1.82, 2.24) is 10.1 Å². The van der Waals surface area contributed by atoms with Gasteiger partial charge in [0.25, 0.3) is 0 Å². The molecule has 0 N–H and O–H groups in total. The third-order valence-electron chi connectivity index (χ3n) is 4.71. The first-order valence-corrected chi connectivity index (χ1v) is 8.59. The van der Waals surface area contributed by atoms with Crippen LogP contribution in [0, 0.1) is 6.92 Å². The molecule has 1 fully saturated rings. The minimum atomic E-state index is 0.278. The van der Waals surface area contributed by atoms with Crippen molar-refractivity contribution in [3.63, 3.8) is 0 Å². The van der Waals surface area contributed by atoms with Crippen molar-refractivity contribution in [3.8, 4) is 11.5 Å². The summed E-state index contributed by atoms with van der Waals surface area (Å²) in [7, 11) is 3.38. The van der Waals surface area contributed by atoms with E-state index in [1.54, 1.807) is 14.2 Å². The number of aryl methyl sites for hydroxylation is 1. The zero-order valence-corrected chi connectivity index (χ0v) is 14.7. The molecule has 1 atom stereocenters. The standard InChI is InChI=1S/C19H26N2O3/c1-14-11-19(24-20-14)17-7-5-4-6-10-21(17)13-15-8-9-16(22-2)12-18(15)23-3/h8-9,11-12,17H,4-7,10,13H2,1-3H3/t17-/m0/s1. The minimum absolute atomic E-state index is 0.278. The minimum Gasteiger partial charge on any atom is -0.497 e. The summed E-state index contributed by atoms with van der Waals surface area (Å²) in [6, 6.07) is 8.37. The summed E-state index contributed by atoms with van der Waals surface area (Å²) in [5.74, 6) is 2.65. The van der Waals surface area contributed by atoms with Gasteiger partial charge in [0.2, 0.25) is 0 Å². The predicted octanol–water partition coefficient (Wildman–Crippen LogP) is 4.12. The fourth-order valence-corrected chi connectivity index (χ4v) is 3.42. The van der Waals surface area contributed by atoms with Crippen molar-refractivity contribution in [2.75, 3.05) is 20.8 Å². The van der Waals surface area contributed by atoms with Gasteiger partial charge in [-0.05, 0) is 32.4 Å². The third-order valence-corrected chi connectivity index (χ3v) is 4.71. The number of methoxy groups -OCH3 is 2. The van der Waals surface area contributed by atoms with Gasteiger partial charge >= 0.3 is 0 Å². The fourth-order valence-electron chi connectivity index (χ4n) is 3.42. The molecule has 1 aromatic heterocycles. The van der Waals surface area contributed by atoms with Gasteiger partial charge in [0.05, 0.1) is 26.0 Å². The van der Waals surface area contributed by atoms with Crippen molar-refractivity contribution in [1.29, 1.82) is 0 Å².